The zero-order chi connectivity index (χ0) is 18.0. The zero-order valence-electron chi connectivity index (χ0n) is 13.8. The predicted molar refractivity (Wildman–Crippen MR) is 93.9 cm³/mol. The Labute approximate surface area is 144 Å². The number of ether oxygens (including phenoxy) is 1. The average Bonchev–Trinajstić information content (AvgIpc) is 2.62. The first-order valence-electron chi connectivity index (χ1n) is 7.81. The van der Waals surface area contributed by atoms with Crippen LogP contribution in [0.4, 0.5) is 14.5 Å². The van der Waals surface area contributed by atoms with Gasteiger partial charge in [0.1, 0.15) is 17.4 Å². The van der Waals surface area contributed by atoms with Gasteiger partial charge < -0.3 is 10.1 Å². The molecule has 3 rings (SSSR count). The number of rotatable bonds is 4. The number of fused-ring (bicyclic) bond motifs is 1. The zero-order valence-corrected chi connectivity index (χ0v) is 13.8. The molecule has 0 radical (unpaired) electrons. The van der Waals surface area contributed by atoms with Gasteiger partial charge in [-0.15, -0.1) is 0 Å². The average molecular weight is 341 g/mol. The minimum atomic E-state index is -0.800. The summed E-state index contributed by atoms with van der Waals surface area (Å²) in [6.45, 7) is 1.74. The highest BCUT2D eigenvalue weighted by molar-refractivity contribution is 5.96. The molecule has 1 amide bonds. The fraction of sp³-hybridized carbons (Fsp3) is 0.150. The number of carbonyl (C=O) groups excluding carboxylic acids is 1. The molecule has 3 aromatic carbocycles. The van der Waals surface area contributed by atoms with E-state index >= 15 is 0 Å². The van der Waals surface area contributed by atoms with E-state index in [1.807, 2.05) is 36.4 Å². The van der Waals surface area contributed by atoms with Crippen LogP contribution >= 0.6 is 0 Å². The largest absolute Gasteiger partial charge is 0.497 e. The van der Waals surface area contributed by atoms with Gasteiger partial charge in [-0.1, -0.05) is 24.3 Å². The van der Waals surface area contributed by atoms with E-state index in [4.69, 9.17) is 4.74 Å². The second-order valence-electron chi connectivity index (χ2n) is 5.81. The van der Waals surface area contributed by atoms with E-state index in [9.17, 15) is 13.6 Å². The Bertz CT molecular complexity index is 940. The summed E-state index contributed by atoms with van der Waals surface area (Å²) in [5.41, 5.74) is 0.765. The van der Waals surface area contributed by atoms with Gasteiger partial charge in [0.25, 0.3) is 0 Å². The standard InChI is InChI=1S/C20H17F2NO2/c1-12(20(24)23-19-8-6-16(21)11-18(19)22)13-3-4-15-10-17(25-2)7-5-14(15)9-13/h3-12H,1-2H3,(H,23,24)/t12-/m0/s1. The third-order valence-electron chi connectivity index (χ3n) is 4.15. The van der Waals surface area contributed by atoms with Crippen molar-refractivity contribution in [3.05, 3.63) is 71.8 Å². The maximum absolute atomic E-state index is 13.7. The van der Waals surface area contributed by atoms with E-state index in [1.54, 1.807) is 14.0 Å². The second kappa shape index (κ2) is 6.89. The third-order valence-corrected chi connectivity index (χ3v) is 4.15. The van der Waals surface area contributed by atoms with Crippen molar-refractivity contribution in [1.82, 2.24) is 0 Å². The van der Waals surface area contributed by atoms with Crippen LogP contribution in [-0.2, 0) is 4.79 Å². The molecule has 0 fully saturated rings. The number of amides is 1. The molecule has 25 heavy (non-hydrogen) atoms. The Morgan fingerprint density at radius 2 is 1.72 bits per heavy atom. The van der Waals surface area contributed by atoms with Crippen molar-refractivity contribution in [3.63, 3.8) is 0 Å². The molecular weight excluding hydrogens is 324 g/mol. The summed E-state index contributed by atoms with van der Waals surface area (Å²) in [5, 5.41) is 4.48. The molecule has 5 heteroatoms. The normalized spacial score (nSPS) is 12.0. The van der Waals surface area contributed by atoms with Gasteiger partial charge in [-0.2, -0.15) is 0 Å². The van der Waals surface area contributed by atoms with Crippen LogP contribution in [0.5, 0.6) is 5.75 Å². The lowest BCUT2D eigenvalue weighted by Gasteiger charge is -2.14. The van der Waals surface area contributed by atoms with E-state index in [-0.39, 0.29) is 11.6 Å². The molecule has 0 aromatic heterocycles. The summed E-state index contributed by atoms with van der Waals surface area (Å²) in [6, 6.07) is 14.4. The molecular formula is C20H17F2NO2. The van der Waals surface area contributed by atoms with Gasteiger partial charge in [0, 0.05) is 6.07 Å². The molecule has 1 atom stereocenters. The van der Waals surface area contributed by atoms with Crippen LogP contribution in [-0.4, -0.2) is 13.0 Å². The Hall–Kier alpha value is -2.95. The third kappa shape index (κ3) is 3.60. The SMILES string of the molecule is COc1ccc2cc([C@H](C)C(=O)Nc3ccc(F)cc3F)ccc2c1. The van der Waals surface area contributed by atoms with E-state index in [0.29, 0.717) is 0 Å². The number of hydrogen-bond acceptors (Lipinski definition) is 2. The summed E-state index contributed by atoms with van der Waals surface area (Å²) >= 11 is 0. The van der Waals surface area contributed by atoms with Crippen LogP contribution in [0, 0.1) is 11.6 Å². The van der Waals surface area contributed by atoms with Crippen LogP contribution < -0.4 is 10.1 Å². The minimum Gasteiger partial charge on any atom is -0.497 e. The summed E-state index contributed by atoms with van der Waals surface area (Å²) in [7, 11) is 1.61. The van der Waals surface area contributed by atoms with Crippen LogP contribution in [0.25, 0.3) is 10.8 Å². The molecule has 128 valence electrons. The molecule has 0 aliphatic rings. The van der Waals surface area contributed by atoms with Crippen LogP contribution in [0.3, 0.4) is 0 Å². The van der Waals surface area contributed by atoms with Crippen LogP contribution in [0.15, 0.2) is 54.6 Å². The van der Waals surface area contributed by atoms with Crippen LogP contribution in [0.2, 0.25) is 0 Å². The van der Waals surface area contributed by atoms with Gasteiger partial charge in [-0.3, -0.25) is 4.79 Å². The molecule has 0 saturated heterocycles. The predicted octanol–water partition coefficient (Wildman–Crippen LogP) is 4.87. The lowest BCUT2D eigenvalue weighted by Crippen LogP contribution is -2.19. The number of methoxy groups -OCH3 is 1. The first kappa shape index (κ1) is 16.9. The van der Waals surface area contributed by atoms with Crippen molar-refractivity contribution in [2.45, 2.75) is 12.8 Å². The number of hydrogen-bond donors (Lipinski definition) is 1. The van der Waals surface area contributed by atoms with Gasteiger partial charge in [0.15, 0.2) is 0 Å². The Kier molecular flexibility index (Phi) is 4.65. The molecule has 0 saturated carbocycles. The first-order chi connectivity index (χ1) is 12.0. The van der Waals surface area contributed by atoms with E-state index in [2.05, 4.69) is 5.32 Å². The molecule has 0 aliphatic heterocycles. The van der Waals surface area contributed by atoms with Gasteiger partial charge in [-0.05, 0) is 47.5 Å². The number of benzene rings is 3. The molecule has 0 aliphatic carbocycles. The van der Waals surface area contributed by atoms with E-state index in [0.717, 1.165) is 34.2 Å². The number of anilines is 1. The monoisotopic (exact) mass is 341 g/mol. The van der Waals surface area contributed by atoms with Crippen molar-refractivity contribution in [1.29, 1.82) is 0 Å². The fourth-order valence-electron chi connectivity index (χ4n) is 2.62. The molecule has 0 unspecified atom stereocenters. The molecule has 3 aromatic rings. The Morgan fingerprint density at radius 1 is 1.00 bits per heavy atom. The first-order valence-corrected chi connectivity index (χ1v) is 7.81. The Morgan fingerprint density at radius 3 is 2.44 bits per heavy atom. The van der Waals surface area contributed by atoms with Gasteiger partial charge in [-0.25, -0.2) is 8.78 Å². The van der Waals surface area contributed by atoms with Crippen molar-refractivity contribution in [3.8, 4) is 5.75 Å². The highest BCUT2D eigenvalue weighted by Crippen LogP contribution is 2.26. The van der Waals surface area contributed by atoms with Crippen molar-refractivity contribution >= 4 is 22.4 Å². The van der Waals surface area contributed by atoms with Crippen molar-refractivity contribution in [2.75, 3.05) is 12.4 Å². The summed E-state index contributed by atoms with van der Waals surface area (Å²) in [6.07, 6.45) is 0. The van der Waals surface area contributed by atoms with E-state index < -0.39 is 17.6 Å². The Balaban J connectivity index is 1.82. The minimum absolute atomic E-state index is 0.0382. The number of halogens is 2. The smallest absolute Gasteiger partial charge is 0.231 e. The van der Waals surface area contributed by atoms with Crippen LogP contribution in [0.1, 0.15) is 18.4 Å². The highest BCUT2D eigenvalue weighted by atomic mass is 19.1. The number of carbonyl (C=O) groups is 1. The molecule has 1 N–H and O–H groups in total. The molecule has 0 spiro atoms. The lowest BCUT2D eigenvalue weighted by molar-refractivity contribution is -0.117. The van der Waals surface area contributed by atoms with Gasteiger partial charge in [0.05, 0.1) is 18.7 Å². The maximum Gasteiger partial charge on any atom is 0.231 e. The van der Waals surface area contributed by atoms with Gasteiger partial charge in [0.2, 0.25) is 5.91 Å². The quantitative estimate of drug-likeness (QED) is 0.735. The lowest BCUT2D eigenvalue weighted by atomic mass is 9.97. The maximum atomic E-state index is 13.7. The van der Waals surface area contributed by atoms with Crippen molar-refractivity contribution in [2.24, 2.45) is 0 Å². The summed E-state index contributed by atoms with van der Waals surface area (Å²) in [5.74, 6) is -1.58. The number of nitrogens with one attached hydrogen (secondary N) is 1. The van der Waals surface area contributed by atoms with Crippen molar-refractivity contribution < 1.29 is 18.3 Å². The van der Waals surface area contributed by atoms with E-state index in [1.165, 1.54) is 6.07 Å². The molecule has 0 bridgehead atoms. The summed E-state index contributed by atoms with van der Waals surface area (Å²) in [4.78, 5) is 12.4. The topological polar surface area (TPSA) is 38.3 Å². The second-order valence-corrected chi connectivity index (χ2v) is 5.81. The molecule has 3 nitrogen and oxygen atoms in total. The molecule has 0 heterocycles. The highest BCUT2D eigenvalue weighted by Gasteiger charge is 2.17. The van der Waals surface area contributed by atoms with Gasteiger partial charge >= 0.3 is 0 Å². The fourth-order valence-corrected chi connectivity index (χ4v) is 2.62. The summed E-state index contributed by atoms with van der Waals surface area (Å²) < 4.78 is 31.8.